The fourth-order valence-electron chi connectivity index (χ4n) is 3.35. The van der Waals surface area contributed by atoms with Gasteiger partial charge < -0.3 is 37.6 Å². The van der Waals surface area contributed by atoms with Crippen molar-refractivity contribution in [1.82, 2.24) is 16.0 Å². The number of carboxylic acid groups (broad SMARTS) is 1. The Kier molecular flexibility index (Phi) is 12.5. The van der Waals surface area contributed by atoms with Gasteiger partial charge in [-0.05, 0) is 24.8 Å². The van der Waals surface area contributed by atoms with Gasteiger partial charge in [0.05, 0.1) is 12.1 Å². The van der Waals surface area contributed by atoms with Gasteiger partial charge >= 0.3 is 5.97 Å². The summed E-state index contributed by atoms with van der Waals surface area (Å²) in [6.45, 7) is 4.75. The van der Waals surface area contributed by atoms with Gasteiger partial charge in [-0.2, -0.15) is 0 Å². The molecule has 0 bridgehead atoms. The van der Waals surface area contributed by atoms with Gasteiger partial charge in [0, 0.05) is 12.8 Å². The average Bonchev–Trinajstić information content (AvgIpc) is 2.83. The second-order valence-corrected chi connectivity index (χ2v) is 8.80. The number of nitrogens with two attached hydrogens (primary N) is 2. The summed E-state index contributed by atoms with van der Waals surface area (Å²) in [5.41, 5.74) is 11.5. The van der Waals surface area contributed by atoms with Crippen LogP contribution < -0.4 is 27.4 Å². The molecule has 9 N–H and O–H groups in total. The zero-order valence-corrected chi connectivity index (χ0v) is 20.8. The van der Waals surface area contributed by atoms with Gasteiger partial charge in [-0.25, -0.2) is 4.79 Å². The number of primary amides is 1. The molecule has 0 saturated heterocycles. The Balaban J connectivity index is 3.08. The van der Waals surface area contributed by atoms with E-state index >= 15 is 0 Å². The van der Waals surface area contributed by atoms with Crippen molar-refractivity contribution < 1.29 is 34.2 Å². The van der Waals surface area contributed by atoms with Crippen molar-refractivity contribution >= 4 is 29.6 Å². The summed E-state index contributed by atoms with van der Waals surface area (Å²) in [5.74, 6) is -4.60. The van der Waals surface area contributed by atoms with E-state index in [0.29, 0.717) is 12.0 Å². The molecule has 0 heterocycles. The summed E-state index contributed by atoms with van der Waals surface area (Å²) in [6, 6.07) is 3.76. The molecule has 0 aliphatic rings. The van der Waals surface area contributed by atoms with E-state index in [4.69, 9.17) is 11.5 Å². The Morgan fingerprint density at radius 2 is 1.50 bits per heavy atom. The normalized spacial score (nSPS) is 15.9. The minimum absolute atomic E-state index is 0.0316. The molecular formula is C24H37N5O7. The molecule has 6 unspecified atom stereocenters. The molecule has 0 saturated carbocycles. The first-order valence-corrected chi connectivity index (χ1v) is 11.8. The lowest BCUT2D eigenvalue weighted by Gasteiger charge is -2.27. The van der Waals surface area contributed by atoms with Gasteiger partial charge in [0.1, 0.15) is 18.1 Å². The van der Waals surface area contributed by atoms with E-state index in [2.05, 4.69) is 16.0 Å². The molecule has 1 aromatic rings. The van der Waals surface area contributed by atoms with E-state index < -0.39 is 59.9 Å². The SMILES string of the molecule is CCC(C)C(NC(=O)C(Cc1ccccc1)NC(=O)C(NC(=O)C(N)CCC(N)=O)C(C)O)C(=O)O. The number of hydrogen-bond acceptors (Lipinski definition) is 7. The Morgan fingerprint density at radius 1 is 0.917 bits per heavy atom. The lowest BCUT2D eigenvalue weighted by molar-refractivity contribution is -0.144. The first kappa shape index (κ1) is 30.5. The number of aliphatic hydroxyl groups is 1. The highest BCUT2D eigenvalue weighted by molar-refractivity contribution is 5.94. The average molecular weight is 508 g/mol. The van der Waals surface area contributed by atoms with Crippen LogP contribution in [0.5, 0.6) is 0 Å². The summed E-state index contributed by atoms with van der Waals surface area (Å²) in [4.78, 5) is 61.1. The van der Waals surface area contributed by atoms with Crippen molar-refractivity contribution in [2.75, 3.05) is 0 Å². The molecule has 0 spiro atoms. The highest BCUT2D eigenvalue weighted by Gasteiger charge is 2.33. The van der Waals surface area contributed by atoms with Crippen molar-refractivity contribution in [1.29, 1.82) is 0 Å². The lowest BCUT2D eigenvalue weighted by Crippen LogP contribution is -2.60. The van der Waals surface area contributed by atoms with Gasteiger partial charge in [0.15, 0.2) is 0 Å². The maximum atomic E-state index is 13.1. The maximum absolute atomic E-state index is 13.1. The predicted molar refractivity (Wildman–Crippen MR) is 131 cm³/mol. The van der Waals surface area contributed by atoms with Gasteiger partial charge in [-0.1, -0.05) is 50.6 Å². The highest BCUT2D eigenvalue weighted by atomic mass is 16.4. The number of benzene rings is 1. The number of carbonyl (C=O) groups is 5. The molecule has 0 aromatic heterocycles. The minimum atomic E-state index is -1.46. The first-order valence-electron chi connectivity index (χ1n) is 11.8. The fourth-order valence-corrected chi connectivity index (χ4v) is 3.35. The largest absolute Gasteiger partial charge is 0.480 e. The van der Waals surface area contributed by atoms with Gasteiger partial charge in [-0.3, -0.25) is 19.2 Å². The molecule has 12 heteroatoms. The van der Waals surface area contributed by atoms with Crippen LogP contribution in [0.3, 0.4) is 0 Å². The molecule has 0 radical (unpaired) electrons. The Hall–Kier alpha value is -3.51. The third-order valence-corrected chi connectivity index (χ3v) is 5.79. The maximum Gasteiger partial charge on any atom is 0.326 e. The Labute approximate surface area is 210 Å². The number of carbonyl (C=O) groups excluding carboxylic acids is 4. The van der Waals surface area contributed by atoms with Crippen LogP contribution in [-0.4, -0.2) is 70.1 Å². The number of carboxylic acids is 1. The van der Waals surface area contributed by atoms with Crippen LogP contribution in [0.1, 0.15) is 45.6 Å². The summed E-state index contributed by atoms with van der Waals surface area (Å²) in [7, 11) is 0. The van der Waals surface area contributed by atoms with Crippen LogP contribution in [0.25, 0.3) is 0 Å². The topological polar surface area (TPSA) is 214 Å². The molecule has 1 rings (SSSR count). The van der Waals surface area contributed by atoms with E-state index in [1.165, 1.54) is 6.92 Å². The number of aliphatic hydroxyl groups excluding tert-OH is 1. The van der Waals surface area contributed by atoms with Crippen LogP contribution in [-0.2, 0) is 30.4 Å². The zero-order valence-electron chi connectivity index (χ0n) is 20.8. The molecule has 200 valence electrons. The van der Waals surface area contributed by atoms with Gasteiger partial charge in [0.25, 0.3) is 0 Å². The van der Waals surface area contributed by atoms with Crippen LogP contribution >= 0.6 is 0 Å². The Bertz CT molecular complexity index is 909. The third-order valence-electron chi connectivity index (χ3n) is 5.79. The fraction of sp³-hybridized carbons (Fsp3) is 0.542. The quantitative estimate of drug-likeness (QED) is 0.152. The van der Waals surface area contributed by atoms with E-state index in [-0.39, 0.29) is 25.2 Å². The summed E-state index contributed by atoms with van der Waals surface area (Å²) in [5, 5.41) is 27.0. The molecule has 0 aliphatic carbocycles. The summed E-state index contributed by atoms with van der Waals surface area (Å²) >= 11 is 0. The van der Waals surface area contributed by atoms with E-state index in [1.54, 1.807) is 44.2 Å². The molecule has 6 atom stereocenters. The second-order valence-electron chi connectivity index (χ2n) is 8.80. The highest BCUT2D eigenvalue weighted by Crippen LogP contribution is 2.10. The molecule has 4 amide bonds. The molecule has 0 fully saturated rings. The third kappa shape index (κ3) is 10.0. The van der Waals surface area contributed by atoms with Crippen LogP contribution in [0.15, 0.2) is 30.3 Å². The van der Waals surface area contributed by atoms with Crippen molar-refractivity contribution in [2.45, 2.75) is 76.7 Å². The van der Waals surface area contributed by atoms with Crippen LogP contribution in [0, 0.1) is 5.92 Å². The van der Waals surface area contributed by atoms with Crippen LogP contribution in [0.2, 0.25) is 0 Å². The number of aliphatic carboxylic acids is 1. The second kappa shape index (κ2) is 14.8. The standard InChI is InChI=1S/C24H37N5O7/c1-4-13(2)19(24(35)36)28-22(33)17(12-15-8-6-5-7-9-15)27-23(34)20(14(3)30)29-21(32)16(25)10-11-18(26)31/h5-9,13-14,16-17,19-20,30H,4,10-12,25H2,1-3H3,(H2,26,31)(H,27,34)(H,28,33)(H,29,32)(H,35,36). The number of amides is 4. The lowest BCUT2D eigenvalue weighted by atomic mass is 9.98. The van der Waals surface area contributed by atoms with Crippen molar-refractivity contribution in [3.8, 4) is 0 Å². The van der Waals surface area contributed by atoms with Crippen LogP contribution in [0.4, 0.5) is 0 Å². The van der Waals surface area contributed by atoms with E-state index in [0.717, 1.165) is 0 Å². The van der Waals surface area contributed by atoms with E-state index in [9.17, 15) is 34.2 Å². The number of rotatable bonds is 15. The molecule has 12 nitrogen and oxygen atoms in total. The molecular weight excluding hydrogens is 470 g/mol. The Morgan fingerprint density at radius 3 is 2.00 bits per heavy atom. The van der Waals surface area contributed by atoms with Gasteiger partial charge in [-0.15, -0.1) is 0 Å². The zero-order chi connectivity index (χ0) is 27.4. The van der Waals surface area contributed by atoms with Crippen molar-refractivity contribution in [3.05, 3.63) is 35.9 Å². The predicted octanol–water partition coefficient (Wildman–Crippen LogP) is -1.21. The van der Waals surface area contributed by atoms with Crippen molar-refractivity contribution in [3.63, 3.8) is 0 Å². The summed E-state index contributed by atoms with van der Waals surface area (Å²) in [6.07, 6.45) is -1.02. The molecule has 0 aliphatic heterocycles. The summed E-state index contributed by atoms with van der Waals surface area (Å²) < 4.78 is 0. The number of nitrogens with one attached hydrogen (secondary N) is 3. The number of hydrogen-bond donors (Lipinski definition) is 7. The van der Waals surface area contributed by atoms with Crippen molar-refractivity contribution in [2.24, 2.45) is 17.4 Å². The van der Waals surface area contributed by atoms with Gasteiger partial charge in [0.2, 0.25) is 23.6 Å². The molecule has 36 heavy (non-hydrogen) atoms. The molecule has 1 aromatic carbocycles. The minimum Gasteiger partial charge on any atom is -0.480 e. The van der Waals surface area contributed by atoms with E-state index in [1.807, 2.05) is 0 Å². The smallest absolute Gasteiger partial charge is 0.326 e. The monoisotopic (exact) mass is 507 g/mol. The first-order chi connectivity index (χ1) is 16.9.